The van der Waals surface area contributed by atoms with E-state index in [1.807, 2.05) is 36.4 Å². The molecule has 0 saturated heterocycles. The van der Waals surface area contributed by atoms with Gasteiger partial charge in [-0.1, -0.05) is 30.3 Å². The van der Waals surface area contributed by atoms with Crippen LogP contribution in [0.1, 0.15) is 5.56 Å². The fourth-order valence-corrected chi connectivity index (χ4v) is 2.12. The van der Waals surface area contributed by atoms with Gasteiger partial charge in [0.25, 0.3) is 0 Å². The highest BCUT2D eigenvalue weighted by atomic mass is 16.5. The van der Waals surface area contributed by atoms with Crippen LogP contribution in [0.15, 0.2) is 65.8 Å². The van der Waals surface area contributed by atoms with Crippen LogP contribution in [0, 0.1) is 0 Å². The molecule has 0 spiro atoms. The lowest BCUT2D eigenvalue weighted by molar-refractivity contribution is 0.373. The van der Waals surface area contributed by atoms with Crippen LogP contribution in [0.3, 0.4) is 0 Å². The Labute approximate surface area is 139 Å². The summed E-state index contributed by atoms with van der Waals surface area (Å²) in [7, 11) is 1.50. The molecule has 3 aromatic rings. The molecule has 2 aromatic carbocycles. The van der Waals surface area contributed by atoms with E-state index in [1.165, 1.54) is 7.11 Å². The maximum absolute atomic E-state index is 9.72. The topological polar surface area (TPSA) is 79.6 Å². The summed E-state index contributed by atoms with van der Waals surface area (Å²) in [5.74, 6) is 1.01. The molecule has 1 aromatic heterocycles. The molecular weight excluding hydrogens is 304 g/mol. The molecule has 6 nitrogen and oxygen atoms in total. The summed E-state index contributed by atoms with van der Waals surface area (Å²) in [5.41, 5.74) is 5.34. The number of benzene rings is 2. The number of nitrogens with zero attached hydrogens (tertiary/aromatic N) is 3. The molecule has 0 aliphatic carbocycles. The van der Waals surface area contributed by atoms with Gasteiger partial charge in [0.1, 0.15) is 0 Å². The number of hydrogen-bond acceptors (Lipinski definition) is 6. The largest absolute Gasteiger partial charge is 0.504 e. The predicted octanol–water partition coefficient (Wildman–Crippen LogP) is 3.30. The first-order valence-electron chi connectivity index (χ1n) is 7.31. The van der Waals surface area contributed by atoms with Crippen molar-refractivity contribution in [2.24, 2.45) is 5.10 Å². The summed E-state index contributed by atoms with van der Waals surface area (Å²) in [6, 6.07) is 18.5. The molecule has 0 radical (unpaired) electrons. The average molecular weight is 320 g/mol. The number of hydrogen-bond donors (Lipinski definition) is 2. The molecule has 0 atom stereocenters. The first kappa shape index (κ1) is 15.5. The highest BCUT2D eigenvalue weighted by molar-refractivity contribution is 5.81. The number of methoxy groups -OCH3 is 1. The molecule has 0 fully saturated rings. The zero-order valence-electron chi connectivity index (χ0n) is 13.0. The highest BCUT2D eigenvalue weighted by Gasteiger charge is 2.01. The van der Waals surface area contributed by atoms with Gasteiger partial charge >= 0.3 is 0 Å². The number of rotatable bonds is 5. The zero-order chi connectivity index (χ0) is 16.8. The standard InChI is InChI=1S/C18H16N4O2/c1-24-17-9-7-13(11-16(17)23)12-19-21-18-10-8-15(20-22-18)14-5-3-2-4-6-14/h2-12,23H,1H3,(H,21,22)/b19-12+. The van der Waals surface area contributed by atoms with Crippen LogP contribution < -0.4 is 10.2 Å². The van der Waals surface area contributed by atoms with Crippen LogP contribution in [0.4, 0.5) is 5.82 Å². The lowest BCUT2D eigenvalue weighted by Crippen LogP contribution is -1.96. The van der Waals surface area contributed by atoms with E-state index < -0.39 is 0 Å². The van der Waals surface area contributed by atoms with Gasteiger partial charge in [-0.15, -0.1) is 10.2 Å². The van der Waals surface area contributed by atoms with Crippen molar-refractivity contribution < 1.29 is 9.84 Å². The molecule has 120 valence electrons. The SMILES string of the molecule is COc1ccc(/C=N/Nc2ccc(-c3ccccc3)nn2)cc1O. The third-order valence-electron chi connectivity index (χ3n) is 3.33. The monoisotopic (exact) mass is 320 g/mol. The van der Waals surface area contributed by atoms with Crippen molar-refractivity contribution in [1.82, 2.24) is 10.2 Å². The molecule has 0 amide bonds. The summed E-state index contributed by atoms with van der Waals surface area (Å²) >= 11 is 0. The quantitative estimate of drug-likeness (QED) is 0.557. The van der Waals surface area contributed by atoms with E-state index in [9.17, 15) is 5.11 Å². The molecule has 3 rings (SSSR count). The van der Waals surface area contributed by atoms with E-state index in [2.05, 4.69) is 20.7 Å². The molecule has 0 bridgehead atoms. The van der Waals surface area contributed by atoms with Crippen molar-refractivity contribution in [3.63, 3.8) is 0 Å². The molecule has 0 aliphatic heterocycles. The first-order chi connectivity index (χ1) is 11.8. The second-order valence-corrected chi connectivity index (χ2v) is 4.97. The summed E-state index contributed by atoms with van der Waals surface area (Å²) in [5, 5.41) is 22.1. The Morgan fingerprint density at radius 3 is 2.54 bits per heavy atom. The van der Waals surface area contributed by atoms with Gasteiger partial charge in [-0.05, 0) is 35.9 Å². The molecule has 1 heterocycles. The fraction of sp³-hybridized carbons (Fsp3) is 0.0556. The van der Waals surface area contributed by atoms with Gasteiger partial charge in [-0.25, -0.2) is 0 Å². The highest BCUT2D eigenvalue weighted by Crippen LogP contribution is 2.25. The van der Waals surface area contributed by atoms with Crippen LogP contribution in [0.5, 0.6) is 11.5 Å². The van der Waals surface area contributed by atoms with E-state index in [-0.39, 0.29) is 5.75 Å². The Balaban J connectivity index is 1.65. The third-order valence-corrected chi connectivity index (χ3v) is 3.33. The molecular formula is C18H16N4O2. The van der Waals surface area contributed by atoms with Gasteiger partial charge in [0, 0.05) is 5.56 Å². The normalized spacial score (nSPS) is 10.7. The summed E-state index contributed by atoms with van der Waals surface area (Å²) in [6.45, 7) is 0. The zero-order valence-corrected chi connectivity index (χ0v) is 13.0. The van der Waals surface area contributed by atoms with E-state index in [0.29, 0.717) is 11.6 Å². The molecule has 0 unspecified atom stereocenters. The Morgan fingerprint density at radius 2 is 1.88 bits per heavy atom. The summed E-state index contributed by atoms with van der Waals surface area (Å²) in [4.78, 5) is 0. The number of nitrogens with one attached hydrogen (secondary N) is 1. The van der Waals surface area contributed by atoms with E-state index in [4.69, 9.17) is 4.74 Å². The maximum Gasteiger partial charge on any atom is 0.168 e. The Kier molecular flexibility index (Phi) is 4.67. The fourth-order valence-electron chi connectivity index (χ4n) is 2.12. The van der Waals surface area contributed by atoms with Crippen molar-refractivity contribution in [3.05, 3.63) is 66.2 Å². The minimum absolute atomic E-state index is 0.0634. The number of phenols is 1. The van der Waals surface area contributed by atoms with Crippen LogP contribution in [0.2, 0.25) is 0 Å². The van der Waals surface area contributed by atoms with E-state index in [1.54, 1.807) is 30.5 Å². The van der Waals surface area contributed by atoms with Crippen molar-refractivity contribution in [2.45, 2.75) is 0 Å². The van der Waals surface area contributed by atoms with Crippen molar-refractivity contribution >= 4 is 12.0 Å². The van der Waals surface area contributed by atoms with Crippen LogP contribution in [0.25, 0.3) is 11.3 Å². The maximum atomic E-state index is 9.72. The van der Waals surface area contributed by atoms with Crippen molar-refractivity contribution in [3.8, 4) is 22.8 Å². The smallest absolute Gasteiger partial charge is 0.168 e. The minimum Gasteiger partial charge on any atom is -0.504 e. The number of hydrazone groups is 1. The molecule has 24 heavy (non-hydrogen) atoms. The van der Waals surface area contributed by atoms with Gasteiger partial charge < -0.3 is 9.84 Å². The molecule has 0 saturated carbocycles. The number of phenolic OH excluding ortho intramolecular Hbond substituents is 1. The lowest BCUT2D eigenvalue weighted by Gasteiger charge is -2.03. The van der Waals surface area contributed by atoms with E-state index >= 15 is 0 Å². The Hall–Kier alpha value is -3.41. The lowest BCUT2D eigenvalue weighted by atomic mass is 10.1. The number of anilines is 1. The minimum atomic E-state index is 0.0634. The Morgan fingerprint density at radius 1 is 1.04 bits per heavy atom. The predicted molar refractivity (Wildman–Crippen MR) is 93.3 cm³/mol. The summed E-state index contributed by atoms with van der Waals surface area (Å²) in [6.07, 6.45) is 1.58. The molecule has 0 aliphatic rings. The third kappa shape index (κ3) is 3.67. The second-order valence-electron chi connectivity index (χ2n) is 4.97. The van der Waals surface area contributed by atoms with Crippen molar-refractivity contribution in [1.29, 1.82) is 0 Å². The number of aromatic hydroxyl groups is 1. The van der Waals surface area contributed by atoms with Crippen LogP contribution >= 0.6 is 0 Å². The van der Waals surface area contributed by atoms with Gasteiger partial charge in [0.15, 0.2) is 17.3 Å². The molecule has 2 N–H and O–H groups in total. The average Bonchev–Trinajstić information content (AvgIpc) is 2.63. The van der Waals surface area contributed by atoms with Gasteiger partial charge in [-0.2, -0.15) is 5.10 Å². The van der Waals surface area contributed by atoms with Crippen molar-refractivity contribution in [2.75, 3.05) is 12.5 Å². The van der Waals surface area contributed by atoms with E-state index in [0.717, 1.165) is 16.8 Å². The van der Waals surface area contributed by atoms with Crippen LogP contribution in [-0.4, -0.2) is 28.6 Å². The van der Waals surface area contributed by atoms with Crippen LogP contribution in [-0.2, 0) is 0 Å². The van der Waals surface area contributed by atoms with Gasteiger partial charge in [0.2, 0.25) is 0 Å². The Bertz CT molecular complexity index is 833. The van der Waals surface area contributed by atoms with Gasteiger partial charge in [-0.3, -0.25) is 5.43 Å². The second kappa shape index (κ2) is 7.23. The number of ether oxygens (including phenoxy) is 1. The van der Waals surface area contributed by atoms with Gasteiger partial charge in [0.05, 0.1) is 19.0 Å². The summed E-state index contributed by atoms with van der Waals surface area (Å²) < 4.78 is 4.99. The molecule has 6 heteroatoms. The number of aromatic nitrogens is 2. The first-order valence-corrected chi connectivity index (χ1v) is 7.31.